The molecule has 1 N–H and O–H groups in total. The van der Waals surface area contributed by atoms with Gasteiger partial charge in [0, 0.05) is 11.1 Å². The normalized spacial score (nSPS) is 10.9. The van der Waals surface area contributed by atoms with E-state index in [4.69, 9.17) is 4.74 Å². The SMILES string of the molecule is COc1ccc(Cn2c(CNC(=O)Cc3cccs3)nc3cccnc32)cc1. The van der Waals surface area contributed by atoms with Gasteiger partial charge in [0.1, 0.15) is 17.1 Å². The number of imidazole rings is 1. The second kappa shape index (κ2) is 8.22. The van der Waals surface area contributed by atoms with Crippen molar-refractivity contribution < 1.29 is 9.53 Å². The predicted octanol–water partition coefficient (Wildman–Crippen LogP) is 3.41. The van der Waals surface area contributed by atoms with Crippen LogP contribution < -0.4 is 10.1 Å². The Morgan fingerprint density at radius 2 is 2.04 bits per heavy atom. The second-order valence-corrected chi connectivity index (χ2v) is 7.37. The van der Waals surface area contributed by atoms with Crippen molar-refractivity contribution in [2.24, 2.45) is 0 Å². The molecule has 0 saturated heterocycles. The van der Waals surface area contributed by atoms with Crippen molar-refractivity contribution in [3.63, 3.8) is 0 Å². The van der Waals surface area contributed by atoms with Crippen molar-refractivity contribution in [2.45, 2.75) is 19.5 Å². The van der Waals surface area contributed by atoms with E-state index >= 15 is 0 Å². The molecule has 0 atom stereocenters. The van der Waals surface area contributed by atoms with Crippen molar-refractivity contribution in [1.82, 2.24) is 19.9 Å². The Morgan fingerprint density at radius 1 is 1.18 bits per heavy atom. The zero-order valence-electron chi connectivity index (χ0n) is 15.5. The molecule has 7 heteroatoms. The first-order valence-corrected chi connectivity index (χ1v) is 9.83. The molecular weight excluding hydrogens is 372 g/mol. The monoisotopic (exact) mass is 392 g/mol. The van der Waals surface area contributed by atoms with Crippen LogP contribution in [0.3, 0.4) is 0 Å². The summed E-state index contributed by atoms with van der Waals surface area (Å²) in [6.45, 7) is 0.977. The van der Waals surface area contributed by atoms with E-state index < -0.39 is 0 Å². The summed E-state index contributed by atoms with van der Waals surface area (Å²) in [6, 6.07) is 15.6. The van der Waals surface area contributed by atoms with Crippen LogP contribution in [0.5, 0.6) is 5.75 Å². The van der Waals surface area contributed by atoms with Crippen LogP contribution in [-0.4, -0.2) is 27.6 Å². The number of ether oxygens (including phenoxy) is 1. The molecule has 0 spiro atoms. The zero-order chi connectivity index (χ0) is 19.3. The number of methoxy groups -OCH3 is 1. The highest BCUT2D eigenvalue weighted by Crippen LogP contribution is 2.18. The Kier molecular flexibility index (Phi) is 5.34. The largest absolute Gasteiger partial charge is 0.497 e. The van der Waals surface area contributed by atoms with Crippen molar-refractivity contribution in [1.29, 1.82) is 0 Å². The lowest BCUT2D eigenvalue weighted by Crippen LogP contribution is -2.26. The fraction of sp³-hybridized carbons (Fsp3) is 0.190. The lowest BCUT2D eigenvalue weighted by molar-refractivity contribution is -0.120. The van der Waals surface area contributed by atoms with Crippen LogP contribution in [0.15, 0.2) is 60.1 Å². The van der Waals surface area contributed by atoms with E-state index in [0.29, 0.717) is 19.5 Å². The number of pyridine rings is 1. The number of carbonyl (C=O) groups is 1. The van der Waals surface area contributed by atoms with Gasteiger partial charge in [0.15, 0.2) is 5.65 Å². The molecule has 4 rings (SSSR count). The molecule has 28 heavy (non-hydrogen) atoms. The number of carbonyl (C=O) groups excluding carboxylic acids is 1. The third kappa shape index (κ3) is 4.04. The van der Waals surface area contributed by atoms with Crippen LogP contribution in [0.4, 0.5) is 0 Å². The zero-order valence-corrected chi connectivity index (χ0v) is 16.3. The number of benzene rings is 1. The number of hydrogen-bond donors (Lipinski definition) is 1. The van der Waals surface area contributed by atoms with Crippen molar-refractivity contribution in [3.8, 4) is 5.75 Å². The number of nitrogens with zero attached hydrogens (tertiary/aromatic N) is 3. The lowest BCUT2D eigenvalue weighted by Gasteiger charge is -2.10. The third-order valence-corrected chi connectivity index (χ3v) is 5.32. The summed E-state index contributed by atoms with van der Waals surface area (Å²) in [4.78, 5) is 22.5. The maximum atomic E-state index is 12.3. The molecule has 3 aromatic heterocycles. The molecule has 0 saturated carbocycles. The van der Waals surface area contributed by atoms with E-state index in [1.54, 1.807) is 24.6 Å². The van der Waals surface area contributed by atoms with Crippen molar-refractivity contribution >= 4 is 28.4 Å². The Morgan fingerprint density at radius 3 is 2.79 bits per heavy atom. The van der Waals surface area contributed by atoms with Crippen molar-refractivity contribution in [3.05, 3.63) is 76.4 Å². The minimum Gasteiger partial charge on any atom is -0.497 e. The third-order valence-electron chi connectivity index (χ3n) is 4.44. The molecule has 1 amide bonds. The Hall–Kier alpha value is -3.19. The van der Waals surface area contributed by atoms with Gasteiger partial charge in [-0.25, -0.2) is 9.97 Å². The maximum absolute atomic E-state index is 12.3. The van der Waals surface area contributed by atoms with E-state index in [9.17, 15) is 4.79 Å². The predicted molar refractivity (Wildman–Crippen MR) is 109 cm³/mol. The molecule has 0 fully saturated rings. The van der Waals surface area contributed by atoms with Gasteiger partial charge in [-0.2, -0.15) is 0 Å². The van der Waals surface area contributed by atoms with Crippen LogP contribution in [0.2, 0.25) is 0 Å². The first kappa shape index (κ1) is 18.2. The molecule has 0 aliphatic carbocycles. The minimum absolute atomic E-state index is 0.0153. The number of thiophene rings is 1. The second-order valence-electron chi connectivity index (χ2n) is 6.34. The fourth-order valence-corrected chi connectivity index (χ4v) is 3.74. The number of amides is 1. The number of aromatic nitrogens is 3. The first-order valence-electron chi connectivity index (χ1n) is 8.95. The Bertz CT molecular complexity index is 1070. The highest BCUT2D eigenvalue weighted by molar-refractivity contribution is 7.10. The average molecular weight is 392 g/mol. The Labute approximate surface area is 166 Å². The van der Waals surface area contributed by atoms with Gasteiger partial charge in [-0.3, -0.25) is 4.79 Å². The first-order chi connectivity index (χ1) is 13.7. The average Bonchev–Trinajstić information content (AvgIpc) is 3.35. The fourth-order valence-electron chi connectivity index (χ4n) is 3.03. The molecule has 0 aliphatic heterocycles. The number of hydrogen-bond acceptors (Lipinski definition) is 5. The molecule has 0 bridgehead atoms. The molecule has 0 aliphatic rings. The summed E-state index contributed by atoms with van der Waals surface area (Å²) in [7, 11) is 1.65. The van der Waals surface area contributed by atoms with Gasteiger partial charge < -0.3 is 14.6 Å². The van der Waals surface area contributed by atoms with Crippen LogP contribution in [0, 0.1) is 0 Å². The summed E-state index contributed by atoms with van der Waals surface area (Å²) >= 11 is 1.58. The number of rotatable bonds is 7. The topological polar surface area (TPSA) is 69.0 Å². The summed E-state index contributed by atoms with van der Waals surface area (Å²) in [5.74, 6) is 1.58. The standard InChI is InChI=1S/C21H20N4O2S/c1-27-16-8-6-15(7-9-16)14-25-19(24-18-5-2-10-22-21(18)25)13-23-20(26)12-17-4-3-11-28-17/h2-11H,12-14H2,1H3,(H,23,26). The van der Waals surface area contributed by atoms with E-state index in [1.807, 2.05) is 58.5 Å². The van der Waals surface area contributed by atoms with Gasteiger partial charge >= 0.3 is 0 Å². The molecular formula is C21H20N4O2S. The molecule has 4 aromatic rings. The van der Waals surface area contributed by atoms with Crippen LogP contribution >= 0.6 is 11.3 Å². The van der Waals surface area contributed by atoms with Crippen LogP contribution in [-0.2, 0) is 24.3 Å². The van der Waals surface area contributed by atoms with Crippen molar-refractivity contribution in [2.75, 3.05) is 7.11 Å². The molecule has 0 radical (unpaired) electrons. The molecule has 3 heterocycles. The highest BCUT2D eigenvalue weighted by Gasteiger charge is 2.13. The lowest BCUT2D eigenvalue weighted by atomic mass is 10.2. The smallest absolute Gasteiger partial charge is 0.225 e. The number of nitrogens with one attached hydrogen (secondary N) is 1. The quantitative estimate of drug-likeness (QED) is 0.523. The van der Waals surface area contributed by atoms with E-state index in [1.165, 1.54) is 0 Å². The maximum Gasteiger partial charge on any atom is 0.225 e. The van der Waals surface area contributed by atoms with Gasteiger partial charge in [-0.15, -0.1) is 11.3 Å². The summed E-state index contributed by atoms with van der Waals surface area (Å²) in [5.41, 5.74) is 2.73. The van der Waals surface area contributed by atoms with Gasteiger partial charge in [0.2, 0.25) is 5.91 Å². The van der Waals surface area contributed by atoms with Gasteiger partial charge in [-0.1, -0.05) is 18.2 Å². The highest BCUT2D eigenvalue weighted by atomic mass is 32.1. The molecule has 1 aromatic carbocycles. The van der Waals surface area contributed by atoms with Gasteiger partial charge in [0.25, 0.3) is 0 Å². The summed E-state index contributed by atoms with van der Waals surface area (Å²) in [6.07, 6.45) is 2.14. The van der Waals surface area contributed by atoms with Crippen LogP contribution in [0.25, 0.3) is 11.2 Å². The van der Waals surface area contributed by atoms with Crippen LogP contribution in [0.1, 0.15) is 16.3 Å². The van der Waals surface area contributed by atoms with Gasteiger partial charge in [0.05, 0.1) is 26.6 Å². The minimum atomic E-state index is -0.0153. The summed E-state index contributed by atoms with van der Waals surface area (Å²) in [5, 5.41) is 4.95. The summed E-state index contributed by atoms with van der Waals surface area (Å²) < 4.78 is 7.27. The van der Waals surface area contributed by atoms with E-state index in [-0.39, 0.29) is 5.91 Å². The van der Waals surface area contributed by atoms with Gasteiger partial charge in [-0.05, 0) is 41.3 Å². The van der Waals surface area contributed by atoms with E-state index in [0.717, 1.165) is 33.2 Å². The molecule has 6 nitrogen and oxygen atoms in total. The number of fused-ring (bicyclic) bond motifs is 1. The molecule has 142 valence electrons. The van der Waals surface area contributed by atoms with E-state index in [2.05, 4.69) is 15.3 Å². The molecule has 0 unspecified atom stereocenters. The Balaban J connectivity index is 1.55.